The second kappa shape index (κ2) is 11.2. The van der Waals surface area contributed by atoms with Crippen LogP contribution < -0.4 is 5.32 Å². The van der Waals surface area contributed by atoms with E-state index < -0.39 is 0 Å². The van der Waals surface area contributed by atoms with Crippen LogP contribution in [0.2, 0.25) is 0 Å². The molecule has 4 aromatic rings. The van der Waals surface area contributed by atoms with Crippen LogP contribution in [0.3, 0.4) is 0 Å². The van der Waals surface area contributed by atoms with Crippen molar-refractivity contribution in [3.8, 4) is 11.1 Å². The van der Waals surface area contributed by atoms with Crippen LogP contribution in [0.1, 0.15) is 48.3 Å². The summed E-state index contributed by atoms with van der Waals surface area (Å²) >= 11 is 0. The Kier molecular flexibility index (Phi) is 7.80. The lowest BCUT2D eigenvalue weighted by molar-refractivity contribution is -0.121. The highest BCUT2D eigenvalue weighted by atomic mass is 16.1. The van der Waals surface area contributed by atoms with Gasteiger partial charge in [-0.15, -0.1) is 0 Å². The van der Waals surface area contributed by atoms with Gasteiger partial charge in [-0.1, -0.05) is 62.4 Å². The van der Waals surface area contributed by atoms with Crippen molar-refractivity contribution >= 4 is 5.91 Å². The molecule has 2 aromatic carbocycles. The highest BCUT2D eigenvalue weighted by Gasteiger charge is 2.14. The quantitative estimate of drug-likeness (QED) is 0.342. The molecule has 0 bridgehead atoms. The Morgan fingerprint density at radius 3 is 2.51 bits per heavy atom. The van der Waals surface area contributed by atoms with E-state index >= 15 is 0 Å². The third kappa shape index (κ3) is 6.27. The van der Waals surface area contributed by atoms with E-state index in [-0.39, 0.29) is 5.91 Å². The molecule has 0 saturated heterocycles. The molecule has 4 rings (SSSR count). The average Bonchev–Trinajstić information content (AvgIpc) is 3.44. The SMILES string of the molecule is Cc1nn(CC(C)C)c(C)c1CCC(=O)NCc1ccccc1-c1ccc(Cn2cccn2)cc1. The molecule has 6 heteroatoms. The van der Waals surface area contributed by atoms with Crippen molar-refractivity contribution in [2.24, 2.45) is 5.92 Å². The number of rotatable bonds is 10. The second-order valence-electron chi connectivity index (χ2n) is 9.56. The van der Waals surface area contributed by atoms with Crippen LogP contribution in [0.5, 0.6) is 0 Å². The Morgan fingerprint density at radius 1 is 1.03 bits per heavy atom. The normalized spacial score (nSPS) is 11.2. The Bertz CT molecular complexity index is 1250. The van der Waals surface area contributed by atoms with Gasteiger partial charge in [0.05, 0.1) is 12.2 Å². The zero-order valence-corrected chi connectivity index (χ0v) is 21.2. The number of nitrogens with one attached hydrogen (secondary N) is 1. The monoisotopic (exact) mass is 469 g/mol. The number of hydrogen-bond acceptors (Lipinski definition) is 3. The van der Waals surface area contributed by atoms with E-state index in [1.54, 1.807) is 6.20 Å². The van der Waals surface area contributed by atoms with E-state index in [4.69, 9.17) is 0 Å². The summed E-state index contributed by atoms with van der Waals surface area (Å²) in [7, 11) is 0. The van der Waals surface area contributed by atoms with Gasteiger partial charge < -0.3 is 5.32 Å². The van der Waals surface area contributed by atoms with Crippen LogP contribution in [-0.2, 0) is 30.8 Å². The summed E-state index contributed by atoms with van der Waals surface area (Å²) in [5, 5.41) is 12.1. The first-order valence-electron chi connectivity index (χ1n) is 12.3. The summed E-state index contributed by atoms with van der Waals surface area (Å²) in [4.78, 5) is 12.7. The first-order valence-corrected chi connectivity index (χ1v) is 12.3. The molecular formula is C29H35N5O. The highest BCUT2D eigenvalue weighted by Crippen LogP contribution is 2.24. The minimum Gasteiger partial charge on any atom is -0.352 e. The van der Waals surface area contributed by atoms with E-state index in [0.29, 0.717) is 25.3 Å². The first kappa shape index (κ1) is 24.5. The molecule has 35 heavy (non-hydrogen) atoms. The molecule has 1 amide bonds. The topological polar surface area (TPSA) is 64.7 Å². The zero-order valence-electron chi connectivity index (χ0n) is 21.2. The highest BCUT2D eigenvalue weighted by molar-refractivity contribution is 5.77. The zero-order chi connectivity index (χ0) is 24.8. The van der Waals surface area contributed by atoms with Crippen molar-refractivity contribution in [2.75, 3.05) is 0 Å². The van der Waals surface area contributed by atoms with Crippen LogP contribution in [0, 0.1) is 19.8 Å². The largest absolute Gasteiger partial charge is 0.352 e. The van der Waals surface area contributed by atoms with Gasteiger partial charge in [0.2, 0.25) is 5.91 Å². The number of carbonyl (C=O) groups is 1. The van der Waals surface area contributed by atoms with Gasteiger partial charge in [-0.05, 0) is 60.1 Å². The summed E-state index contributed by atoms with van der Waals surface area (Å²) in [5.41, 5.74) is 7.98. The van der Waals surface area contributed by atoms with Gasteiger partial charge in [-0.25, -0.2) is 0 Å². The van der Waals surface area contributed by atoms with Gasteiger partial charge in [-0.3, -0.25) is 14.2 Å². The molecule has 2 aromatic heterocycles. The molecule has 0 aliphatic rings. The minimum absolute atomic E-state index is 0.0600. The molecule has 0 saturated carbocycles. The average molecular weight is 470 g/mol. The molecule has 1 N–H and O–H groups in total. The van der Waals surface area contributed by atoms with Crippen LogP contribution in [0.25, 0.3) is 11.1 Å². The fourth-order valence-electron chi connectivity index (χ4n) is 4.47. The summed E-state index contributed by atoms with van der Waals surface area (Å²) in [6, 6.07) is 18.7. The van der Waals surface area contributed by atoms with E-state index in [2.05, 4.69) is 77.4 Å². The molecule has 6 nitrogen and oxygen atoms in total. The Morgan fingerprint density at radius 2 is 1.80 bits per heavy atom. The number of amides is 1. The Labute approximate surface area is 208 Å². The lowest BCUT2D eigenvalue weighted by atomic mass is 9.98. The van der Waals surface area contributed by atoms with Crippen LogP contribution in [0.4, 0.5) is 0 Å². The predicted molar refractivity (Wildman–Crippen MR) is 140 cm³/mol. The maximum absolute atomic E-state index is 12.7. The van der Waals surface area contributed by atoms with Crippen molar-refractivity contribution in [1.82, 2.24) is 24.9 Å². The molecule has 182 valence electrons. The molecule has 0 aliphatic heterocycles. The smallest absolute Gasteiger partial charge is 0.220 e. The maximum Gasteiger partial charge on any atom is 0.220 e. The van der Waals surface area contributed by atoms with Gasteiger partial charge in [-0.2, -0.15) is 10.2 Å². The third-order valence-corrected chi connectivity index (χ3v) is 6.33. The van der Waals surface area contributed by atoms with Crippen molar-refractivity contribution in [3.05, 3.63) is 95.1 Å². The van der Waals surface area contributed by atoms with Crippen LogP contribution in [0.15, 0.2) is 67.0 Å². The standard InChI is InChI=1S/C29H35N5O/c1-21(2)19-34-23(4)27(22(3)32-34)14-15-29(35)30-18-26-8-5-6-9-28(26)25-12-10-24(11-13-25)20-33-17-7-16-31-33/h5-13,16-17,21H,14-15,18-20H2,1-4H3,(H,30,35). The van der Waals surface area contributed by atoms with Gasteiger partial charge in [0, 0.05) is 37.6 Å². The van der Waals surface area contributed by atoms with Crippen molar-refractivity contribution in [1.29, 1.82) is 0 Å². The molecule has 0 unspecified atom stereocenters. The molecular weight excluding hydrogens is 434 g/mol. The molecule has 0 radical (unpaired) electrons. The summed E-state index contributed by atoms with van der Waals surface area (Å²) in [6.07, 6.45) is 4.92. The summed E-state index contributed by atoms with van der Waals surface area (Å²) in [5.74, 6) is 0.599. The van der Waals surface area contributed by atoms with E-state index in [1.807, 2.05) is 36.0 Å². The molecule has 0 atom stereocenters. The fourth-order valence-corrected chi connectivity index (χ4v) is 4.47. The molecule has 0 fully saturated rings. The number of carbonyl (C=O) groups excluding carboxylic acids is 1. The van der Waals surface area contributed by atoms with Crippen LogP contribution in [-0.4, -0.2) is 25.5 Å². The second-order valence-corrected chi connectivity index (χ2v) is 9.56. The van der Waals surface area contributed by atoms with E-state index in [9.17, 15) is 4.79 Å². The number of benzene rings is 2. The number of hydrogen-bond donors (Lipinski definition) is 1. The minimum atomic E-state index is 0.0600. The van der Waals surface area contributed by atoms with E-state index in [1.165, 1.54) is 16.8 Å². The summed E-state index contributed by atoms with van der Waals surface area (Å²) < 4.78 is 3.99. The van der Waals surface area contributed by atoms with E-state index in [0.717, 1.165) is 35.5 Å². The molecule has 0 spiro atoms. The summed E-state index contributed by atoms with van der Waals surface area (Å²) in [6.45, 7) is 10.7. The third-order valence-electron chi connectivity index (χ3n) is 6.33. The Hall–Kier alpha value is -3.67. The maximum atomic E-state index is 12.7. The van der Waals surface area contributed by atoms with Gasteiger partial charge in [0.15, 0.2) is 0 Å². The molecule has 2 heterocycles. The van der Waals surface area contributed by atoms with Gasteiger partial charge in [0.1, 0.15) is 0 Å². The van der Waals surface area contributed by atoms with Crippen molar-refractivity contribution in [2.45, 2.75) is 60.2 Å². The number of nitrogens with zero attached hydrogens (tertiary/aromatic N) is 4. The number of aryl methyl sites for hydroxylation is 1. The Balaban J connectivity index is 1.36. The lowest BCUT2D eigenvalue weighted by Crippen LogP contribution is -2.23. The predicted octanol–water partition coefficient (Wildman–Crippen LogP) is 5.32. The van der Waals surface area contributed by atoms with Crippen LogP contribution >= 0.6 is 0 Å². The lowest BCUT2D eigenvalue weighted by Gasteiger charge is -2.12. The van der Waals surface area contributed by atoms with Gasteiger partial charge in [0.25, 0.3) is 0 Å². The fraction of sp³-hybridized carbons (Fsp3) is 0.345. The van der Waals surface area contributed by atoms with Gasteiger partial charge >= 0.3 is 0 Å². The number of aromatic nitrogens is 4. The van der Waals surface area contributed by atoms with Crippen molar-refractivity contribution in [3.63, 3.8) is 0 Å². The first-order chi connectivity index (χ1) is 16.9. The molecule has 0 aliphatic carbocycles. The van der Waals surface area contributed by atoms with Crippen molar-refractivity contribution < 1.29 is 4.79 Å².